The largest absolute Gasteiger partial charge is 0.288 e. The molecule has 0 radical (unpaired) electrons. The molecule has 0 saturated heterocycles. The van der Waals surface area contributed by atoms with Crippen molar-refractivity contribution in [1.82, 2.24) is 4.98 Å². The number of rotatable bonds is 9. The predicted octanol–water partition coefficient (Wildman–Crippen LogP) is 9.17. The quantitative estimate of drug-likeness (QED) is 0.183. The molecule has 38 heavy (non-hydrogen) atoms. The van der Waals surface area contributed by atoms with Gasteiger partial charge in [0.05, 0.1) is 22.5 Å². The molecule has 0 amide bonds. The number of aromatic nitrogens is 1. The van der Waals surface area contributed by atoms with E-state index in [9.17, 15) is 10.1 Å². The highest BCUT2D eigenvalue weighted by molar-refractivity contribution is 6.30. The van der Waals surface area contributed by atoms with Gasteiger partial charge < -0.3 is 0 Å². The second-order valence-electron chi connectivity index (χ2n) is 9.71. The van der Waals surface area contributed by atoms with Crippen molar-refractivity contribution in [3.05, 3.63) is 111 Å². The highest BCUT2D eigenvalue weighted by atomic mass is 35.5. The van der Waals surface area contributed by atoms with Crippen LogP contribution in [0.4, 0.5) is 0 Å². The van der Waals surface area contributed by atoms with Gasteiger partial charge in [-0.15, -0.1) is 0 Å². The number of carbonyl (C=O) groups excluding carboxylic acids is 1. The first-order chi connectivity index (χ1) is 18.6. The van der Waals surface area contributed by atoms with Crippen LogP contribution in [0.3, 0.4) is 0 Å². The van der Waals surface area contributed by atoms with Crippen molar-refractivity contribution in [1.29, 1.82) is 5.26 Å². The number of unbranched alkanes of at least 4 members (excludes halogenated alkanes) is 4. The summed E-state index contributed by atoms with van der Waals surface area (Å²) in [5.41, 5.74) is 7.18. The molecule has 0 unspecified atom stereocenters. The van der Waals surface area contributed by atoms with Crippen LogP contribution in [-0.4, -0.2) is 10.8 Å². The summed E-state index contributed by atoms with van der Waals surface area (Å²) < 4.78 is 0. The normalized spacial score (nSPS) is 12.0. The van der Waals surface area contributed by atoms with E-state index in [-0.39, 0.29) is 5.78 Å². The summed E-state index contributed by atoms with van der Waals surface area (Å²) >= 11 is 6.17. The maximum absolute atomic E-state index is 13.6. The molecule has 188 valence electrons. The molecule has 0 spiro atoms. The van der Waals surface area contributed by atoms with Gasteiger partial charge in [0.1, 0.15) is 6.07 Å². The summed E-state index contributed by atoms with van der Waals surface area (Å²) in [5, 5.41) is 11.0. The fourth-order valence-corrected chi connectivity index (χ4v) is 5.32. The maximum atomic E-state index is 13.6. The third kappa shape index (κ3) is 5.19. The molecular weight excluding hydrogens is 488 g/mol. The van der Waals surface area contributed by atoms with Gasteiger partial charge in [-0.1, -0.05) is 111 Å². The van der Waals surface area contributed by atoms with Crippen LogP contribution in [0.25, 0.3) is 34.5 Å². The van der Waals surface area contributed by atoms with E-state index in [1.54, 1.807) is 0 Å². The monoisotopic (exact) mass is 516 g/mol. The third-order valence-electron chi connectivity index (χ3n) is 7.08. The molecule has 0 bridgehead atoms. The van der Waals surface area contributed by atoms with E-state index in [1.807, 2.05) is 72.8 Å². The molecule has 0 N–H and O–H groups in total. The van der Waals surface area contributed by atoms with Gasteiger partial charge in [0.15, 0.2) is 5.78 Å². The van der Waals surface area contributed by atoms with Crippen LogP contribution in [0.5, 0.6) is 0 Å². The van der Waals surface area contributed by atoms with Crippen LogP contribution < -0.4 is 0 Å². The first-order valence-electron chi connectivity index (χ1n) is 13.3. The summed E-state index contributed by atoms with van der Waals surface area (Å²) in [6.07, 6.45) is 11.0. The van der Waals surface area contributed by atoms with Crippen LogP contribution in [-0.2, 0) is 6.42 Å². The van der Waals surface area contributed by atoms with E-state index in [0.29, 0.717) is 38.7 Å². The molecule has 3 aromatic carbocycles. The first kappa shape index (κ1) is 25.6. The molecule has 1 heterocycles. The smallest absolute Gasteiger partial charge is 0.196 e. The molecule has 4 heteroatoms. The molecule has 1 aromatic heterocycles. The number of aryl methyl sites for hydroxylation is 1. The van der Waals surface area contributed by atoms with E-state index >= 15 is 0 Å². The zero-order valence-corrected chi connectivity index (χ0v) is 22.3. The van der Waals surface area contributed by atoms with Crippen LogP contribution >= 0.6 is 11.6 Å². The van der Waals surface area contributed by atoms with Gasteiger partial charge >= 0.3 is 0 Å². The second-order valence-corrected chi connectivity index (χ2v) is 10.1. The minimum absolute atomic E-state index is 0.0834. The van der Waals surface area contributed by atoms with Gasteiger partial charge in [-0.05, 0) is 47.7 Å². The number of hydrogen-bond acceptors (Lipinski definition) is 3. The number of fused-ring (bicyclic) bond motifs is 3. The Bertz CT molecular complexity index is 1560. The second kappa shape index (κ2) is 11.6. The number of ketones is 1. The number of nitrogens with zero attached hydrogens (tertiary/aromatic N) is 2. The van der Waals surface area contributed by atoms with Crippen LogP contribution in [0.2, 0.25) is 5.02 Å². The van der Waals surface area contributed by atoms with Crippen molar-refractivity contribution in [3.8, 4) is 28.5 Å². The highest BCUT2D eigenvalue weighted by Gasteiger charge is 2.33. The van der Waals surface area contributed by atoms with Gasteiger partial charge in [0, 0.05) is 21.7 Å². The molecule has 5 rings (SSSR count). The van der Waals surface area contributed by atoms with Crippen LogP contribution in [0.15, 0.2) is 72.8 Å². The SMILES string of the molecule is CCCCCCCc1ccc(-c2c(C#N)c(/C=C/c3cccc(Cl)c3)nc3c2C(=O)c2ccccc2-3)cc1. The molecule has 0 fully saturated rings. The summed E-state index contributed by atoms with van der Waals surface area (Å²) in [6.45, 7) is 2.23. The van der Waals surface area contributed by atoms with Gasteiger partial charge in [0.25, 0.3) is 0 Å². The summed E-state index contributed by atoms with van der Waals surface area (Å²) in [4.78, 5) is 18.4. The van der Waals surface area contributed by atoms with E-state index in [4.69, 9.17) is 16.6 Å². The van der Waals surface area contributed by atoms with Crippen molar-refractivity contribution in [2.24, 2.45) is 0 Å². The van der Waals surface area contributed by atoms with Crippen molar-refractivity contribution < 1.29 is 4.79 Å². The van der Waals surface area contributed by atoms with E-state index in [1.165, 1.54) is 37.7 Å². The molecule has 3 nitrogen and oxygen atoms in total. The van der Waals surface area contributed by atoms with Gasteiger partial charge in [0.2, 0.25) is 0 Å². The number of halogens is 1. The fourth-order valence-electron chi connectivity index (χ4n) is 5.12. The lowest BCUT2D eigenvalue weighted by molar-refractivity contribution is 0.104. The molecular formula is C34H29ClN2O. The average Bonchev–Trinajstić information content (AvgIpc) is 3.23. The summed E-state index contributed by atoms with van der Waals surface area (Å²) in [7, 11) is 0. The predicted molar refractivity (Wildman–Crippen MR) is 156 cm³/mol. The Balaban J connectivity index is 1.59. The zero-order valence-electron chi connectivity index (χ0n) is 21.5. The minimum Gasteiger partial charge on any atom is -0.288 e. The van der Waals surface area contributed by atoms with Crippen LogP contribution in [0, 0.1) is 11.3 Å². The standard InChI is InChI=1S/C34H29ClN2O/c1-2-3-4-5-6-10-23-15-18-25(19-16-23)31-29(22-36)30(20-17-24-11-9-12-26(35)21-24)37-33-27-13-7-8-14-28(27)34(38)32(31)33/h7-9,11-21H,2-6,10H2,1H3/b20-17+. The Morgan fingerprint density at radius 1 is 0.868 bits per heavy atom. The topological polar surface area (TPSA) is 53.8 Å². The molecule has 4 aromatic rings. The Morgan fingerprint density at radius 2 is 1.63 bits per heavy atom. The zero-order chi connectivity index (χ0) is 26.5. The lowest BCUT2D eigenvalue weighted by Crippen LogP contribution is -2.04. The van der Waals surface area contributed by atoms with E-state index in [0.717, 1.165) is 23.1 Å². The molecule has 0 aliphatic heterocycles. The number of benzene rings is 3. The number of carbonyl (C=O) groups is 1. The molecule has 1 aliphatic rings. The van der Waals surface area contributed by atoms with Crippen molar-refractivity contribution in [2.45, 2.75) is 45.4 Å². The highest BCUT2D eigenvalue weighted by Crippen LogP contribution is 2.43. The van der Waals surface area contributed by atoms with Gasteiger partial charge in [-0.25, -0.2) is 4.98 Å². The Hall–Kier alpha value is -4.00. The van der Waals surface area contributed by atoms with E-state index in [2.05, 4.69) is 25.1 Å². The maximum Gasteiger partial charge on any atom is 0.196 e. The Labute approximate surface area is 229 Å². The van der Waals surface area contributed by atoms with Gasteiger partial charge in [-0.2, -0.15) is 5.26 Å². The number of pyridine rings is 1. The van der Waals surface area contributed by atoms with Crippen LogP contribution in [0.1, 0.15) is 77.3 Å². The number of hydrogen-bond donors (Lipinski definition) is 0. The summed E-state index contributed by atoms with van der Waals surface area (Å²) in [5.74, 6) is -0.0834. The van der Waals surface area contributed by atoms with Crippen molar-refractivity contribution in [3.63, 3.8) is 0 Å². The third-order valence-corrected chi connectivity index (χ3v) is 7.32. The van der Waals surface area contributed by atoms with E-state index < -0.39 is 0 Å². The summed E-state index contributed by atoms with van der Waals surface area (Å²) in [6, 6.07) is 25.7. The lowest BCUT2D eigenvalue weighted by Gasteiger charge is -2.13. The number of nitriles is 1. The van der Waals surface area contributed by atoms with Crippen molar-refractivity contribution in [2.75, 3.05) is 0 Å². The minimum atomic E-state index is -0.0834. The fraction of sp³-hybridized carbons (Fsp3) is 0.206. The van der Waals surface area contributed by atoms with Gasteiger partial charge in [-0.3, -0.25) is 4.79 Å². The molecule has 1 aliphatic carbocycles. The molecule has 0 saturated carbocycles. The van der Waals surface area contributed by atoms with Crippen molar-refractivity contribution >= 4 is 29.5 Å². The Kier molecular flexibility index (Phi) is 7.82. The average molecular weight is 517 g/mol. The Morgan fingerprint density at radius 3 is 2.37 bits per heavy atom. The first-order valence-corrected chi connectivity index (χ1v) is 13.6. The lowest BCUT2D eigenvalue weighted by atomic mass is 9.91. The molecule has 0 atom stereocenters.